The summed E-state index contributed by atoms with van der Waals surface area (Å²) in [7, 11) is 0. The summed E-state index contributed by atoms with van der Waals surface area (Å²) >= 11 is 0. The van der Waals surface area contributed by atoms with Gasteiger partial charge in [0.05, 0.1) is 13.2 Å². The van der Waals surface area contributed by atoms with Gasteiger partial charge in [0, 0.05) is 18.2 Å². The van der Waals surface area contributed by atoms with Crippen molar-refractivity contribution in [1.82, 2.24) is 5.32 Å². The zero-order chi connectivity index (χ0) is 17.4. The van der Waals surface area contributed by atoms with Gasteiger partial charge in [-0.3, -0.25) is 0 Å². The average Bonchev–Trinajstić information content (AvgIpc) is 3.32. The average molecular weight is 334 g/mol. The molecule has 0 saturated heterocycles. The Labute approximate surface area is 148 Å². The number of ether oxygens (including phenoxy) is 2. The molecule has 1 aromatic rings. The molecule has 3 nitrogen and oxygen atoms in total. The van der Waals surface area contributed by atoms with E-state index in [2.05, 4.69) is 51.2 Å². The number of benzene rings is 1. The van der Waals surface area contributed by atoms with Gasteiger partial charge >= 0.3 is 0 Å². The van der Waals surface area contributed by atoms with Crippen LogP contribution in [0.5, 0.6) is 11.5 Å². The molecular formula is C21H35NO2. The van der Waals surface area contributed by atoms with E-state index in [0.29, 0.717) is 11.8 Å². The summed E-state index contributed by atoms with van der Waals surface area (Å²) in [6.07, 6.45) is 4.92. The van der Waals surface area contributed by atoms with Crippen LogP contribution in [0.2, 0.25) is 0 Å². The van der Waals surface area contributed by atoms with E-state index < -0.39 is 0 Å². The van der Waals surface area contributed by atoms with Crippen LogP contribution in [0, 0.1) is 17.8 Å². The lowest BCUT2D eigenvalue weighted by atomic mass is 10.1. The smallest absolute Gasteiger partial charge is 0.127 e. The van der Waals surface area contributed by atoms with Crippen molar-refractivity contribution in [1.29, 1.82) is 0 Å². The standard InChI is InChI=1S/C21H35NO2/c1-16(2)9-11-23-20-8-7-19(15-22-14-18-5-6-18)21(13-20)24-12-10-17(3)4/h7-8,13,16-18,22H,5-6,9-12,14-15H2,1-4H3. The minimum atomic E-state index is 0.659. The molecule has 136 valence electrons. The van der Waals surface area contributed by atoms with Crippen molar-refractivity contribution in [3.63, 3.8) is 0 Å². The zero-order valence-corrected chi connectivity index (χ0v) is 15.9. The zero-order valence-electron chi connectivity index (χ0n) is 15.9. The number of hydrogen-bond donors (Lipinski definition) is 1. The predicted octanol–water partition coefficient (Wildman–Crippen LogP) is 5.04. The Balaban J connectivity index is 1.91. The van der Waals surface area contributed by atoms with Gasteiger partial charge in [-0.2, -0.15) is 0 Å². The SMILES string of the molecule is CC(C)CCOc1ccc(CNCC2CC2)c(OCCC(C)C)c1. The Morgan fingerprint density at radius 1 is 1.00 bits per heavy atom. The molecule has 1 N–H and O–H groups in total. The molecule has 1 aromatic carbocycles. The van der Waals surface area contributed by atoms with Crippen LogP contribution in [0.4, 0.5) is 0 Å². The van der Waals surface area contributed by atoms with Crippen LogP contribution < -0.4 is 14.8 Å². The molecule has 2 rings (SSSR count). The maximum absolute atomic E-state index is 6.07. The predicted molar refractivity (Wildman–Crippen MR) is 101 cm³/mol. The van der Waals surface area contributed by atoms with Crippen LogP contribution in [0.25, 0.3) is 0 Å². The first-order valence-corrected chi connectivity index (χ1v) is 9.63. The van der Waals surface area contributed by atoms with Gasteiger partial charge in [-0.1, -0.05) is 33.8 Å². The van der Waals surface area contributed by atoms with Crippen molar-refractivity contribution < 1.29 is 9.47 Å². The van der Waals surface area contributed by atoms with Crippen LogP contribution in [0.3, 0.4) is 0 Å². The van der Waals surface area contributed by atoms with Crippen molar-refractivity contribution >= 4 is 0 Å². The van der Waals surface area contributed by atoms with Gasteiger partial charge in [0.25, 0.3) is 0 Å². The summed E-state index contributed by atoms with van der Waals surface area (Å²) < 4.78 is 12.0. The molecule has 0 aliphatic heterocycles. The lowest BCUT2D eigenvalue weighted by Gasteiger charge is -2.15. The maximum atomic E-state index is 6.07. The van der Waals surface area contributed by atoms with Crippen LogP contribution in [0.1, 0.15) is 58.9 Å². The van der Waals surface area contributed by atoms with Crippen LogP contribution in [-0.2, 0) is 6.54 Å². The molecule has 1 aliphatic carbocycles. The van der Waals surface area contributed by atoms with E-state index in [0.717, 1.165) is 56.6 Å². The highest BCUT2D eigenvalue weighted by Crippen LogP contribution is 2.29. The molecule has 0 amide bonds. The molecule has 0 radical (unpaired) electrons. The summed E-state index contributed by atoms with van der Waals surface area (Å²) in [5, 5.41) is 3.56. The van der Waals surface area contributed by atoms with E-state index >= 15 is 0 Å². The fourth-order valence-corrected chi connectivity index (χ4v) is 2.46. The summed E-state index contributed by atoms with van der Waals surface area (Å²) in [5.41, 5.74) is 1.23. The minimum absolute atomic E-state index is 0.659. The van der Waals surface area contributed by atoms with Crippen molar-refractivity contribution in [2.45, 2.75) is 59.9 Å². The van der Waals surface area contributed by atoms with Crippen LogP contribution in [0.15, 0.2) is 18.2 Å². The Kier molecular flexibility index (Phi) is 7.90. The third-order valence-corrected chi connectivity index (χ3v) is 4.40. The quantitative estimate of drug-likeness (QED) is 0.581. The van der Waals surface area contributed by atoms with Crippen molar-refractivity contribution in [3.05, 3.63) is 23.8 Å². The molecule has 0 unspecified atom stereocenters. The summed E-state index contributed by atoms with van der Waals surface area (Å²) in [5.74, 6) is 4.11. The minimum Gasteiger partial charge on any atom is -0.493 e. The van der Waals surface area contributed by atoms with Gasteiger partial charge in [-0.25, -0.2) is 0 Å². The van der Waals surface area contributed by atoms with Crippen molar-refractivity contribution in [3.8, 4) is 11.5 Å². The van der Waals surface area contributed by atoms with Crippen LogP contribution in [-0.4, -0.2) is 19.8 Å². The van der Waals surface area contributed by atoms with Crippen molar-refractivity contribution in [2.75, 3.05) is 19.8 Å². The fraction of sp³-hybridized carbons (Fsp3) is 0.714. The topological polar surface area (TPSA) is 30.5 Å². The van der Waals surface area contributed by atoms with E-state index in [1.807, 2.05) is 0 Å². The second-order valence-electron chi connectivity index (χ2n) is 7.91. The Hall–Kier alpha value is -1.22. The molecule has 0 atom stereocenters. The molecule has 1 saturated carbocycles. The Morgan fingerprint density at radius 3 is 2.29 bits per heavy atom. The van der Waals surface area contributed by atoms with Gasteiger partial charge in [-0.05, 0) is 56.0 Å². The highest BCUT2D eigenvalue weighted by Gasteiger charge is 2.20. The molecule has 3 heteroatoms. The van der Waals surface area contributed by atoms with Gasteiger partial charge in [0.15, 0.2) is 0 Å². The molecular weight excluding hydrogens is 298 g/mol. The molecule has 1 fully saturated rings. The van der Waals surface area contributed by atoms with Crippen LogP contribution >= 0.6 is 0 Å². The lowest BCUT2D eigenvalue weighted by molar-refractivity contribution is 0.274. The third-order valence-electron chi connectivity index (χ3n) is 4.40. The monoisotopic (exact) mass is 333 g/mol. The third kappa shape index (κ3) is 7.57. The first kappa shape index (κ1) is 19.1. The van der Waals surface area contributed by atoms with Gasteiger partial charge in [-0.15, -0.1) is 0 Å². The molecule has 0 aromatic heterocycles. The highest BCUT2D eigenvalue weighted by atomic mass is 16.5. The molecule has 0 bridgehead atoms. The second-order valence-corrected chi connectivity index (χ2v) is 7.91. The Bertz CT molecular complexity index is 481. The van der Waals surface area contributed by atoms with E-state index in [1.165, 1.54) is 18.4 Å². The Morgan fingerprint density at radius 2 is 1.67 bits per heavy atom. The number of rotatable bonds is 12. The van der Waals surface area contributed by atoms with E-state index in [-0.39, 0.29) is 0 Å². The van der Waals surface area contributed by atoms with E-state index in [1.54, 1.807) is 0 Å². The van der Waals surface area contributed by atoms with E-state index in [4.69, 9.17) is 9.47 Å². The summed E-state index contributed by atoms with van der Waals surface area (Å²) in [6, 6.07) is 6.29. The number of hydrogen-bond acceptors (Lipinski definition) is 3. The largest absolute Gasteiger partial charge is 0.493 e. The lowest BCUT2D eigenvalue weighted by Crippen LogP contribution is -2.17. The molecule has 24 heavy (non-hydrogen) atoms. The van der Waals surface area contributed by atoms with Gasteiger partial charge in [0.2, 0.25) is 0 Å². The molecule has 0 heterocycles. The first-order valence-electron chi connectivity index (χ1n) is 9.63. The van der Waals surface area contributed by atoms with Gasteiger partial charge in [0.1, 0.15) is 11.5 Å². The molecule has 0 spiro atoms. The van der Waals surface area contributed by atoms with Gasteiger partial charge < -0.3 is 14.8 Å². The number of nitrogens with one attached hydrogen (secondary N) is 1. The second kappa shape index (κ2) is 9.93. The molecule has 1 aliphatic rings. The maximum Gasteiger partial charge on any atom is 0.127 e. The highest BCUT2D eigenvalue weighted by molar-refractivity contribution is 5.40. The summed E-state index contributed by atoms with van der Waals surface area (Å²) in [6.45, 7) is 12.4. The van der Waals surface area contributed by atoms with Crippen molar-refractivity contribution in [2.24, 2.45) is 17.8 Å². The van der Waals surface area contributed by atoms with E-state index in [9.17, 15) is 0 Å². The normalized spacial score (nSPS) is 14.4. The fourth-order valence-electron chi connectivity index (χ4n) is 2.46. The first-order chi connectivity index (χ1) is 11.5. The summed E-state index contributed by atoms with van der Waals surface area (Å²) in [4.78, 5) is 0.